The van der Waals surface area contributed by atoms with Crippen LogP contribution in [0.15, 0.2) is 0 Å². The summed E-state index contributed by atoms with van der Waals surface area (Å²) in [7, 11) is 0. The molecule has 180 valence electrons. The first-order chi connectivity index (χ1) is 14.8. The van der Waals surface area contributed by atoms with E-state index in [1.54, 1.807) is 0 Å². The first-order valence-electron chi connectivity index (χ1n) is 14.3. The Morgan fingerprint density at radius 3 is 0.767 bits per heavy atom. The molecule has 0 saturated heterocycles. The second kappa shape index (κ2) is 26.7. The van der Waals surface area contributed by atoms with Gasteiger partial charge in [-0.3, -0.25) is 4.79 Å². The minimum atomic E-state index is 0.522. The van der Waals surface area contributed by atoms with E-state index in [0.717, 1.165) is 25.7 Å². The Morgan fingerprint density at radius 1 is 0.333 bits per heavy atom. The summed E-state index contributed by atoms with van der Waals surface area (Å²) in [6, 6.07) is 0. The third kappa shape index (κ3) is 25.7. The summed E-state index contributed by atoms with van der Waals surface area (Å²) in [5, 5.41) is 0. The minimum Gasteiger partial charge on any atom is -0.300 e. The number of ketones is 1. The molecule has 0 saturated carbocycles. The predicted molar refractivity (Wildman–Crippen MR) is 136 cm³/mol. The fourth-order valence-electron chi connectivity index (χ4n) is 4.45. The third-order valence-corrected chi connectivity index (χ3v) is 6.62. The average Bonchev–Trinajstić information content (AvgIpc) is 2.75. The Kier molecular flexibility index (Phi) is 26.4. The van der Waals surface area contributed by atoms with Gasteiger partial charge in [-0.25, -0.2) is 0 Å². The first kappa shape index (κ1) is 29.7. The molecule has 0 aromatic rings. The molecule has 0 bridgehead atoms. The summed E-state index contributed by atoms with van der Waals surface area (Å²) in [4.78, 5) is 12.0. The lowest BCUT2D eigenvalue weighted by molar-refractivity contribution is -0.119. The molecule has 0 radical (unpaired) electrons. The van der Waals surface area contributed by atoms with Gasteiger partial charge in [-0.2, -0.15) is 0 Å². The highest BCUT2D eigenvalue weighted by atomic mass is 16.1. The van der Waals surface area contributed by atoms with E-state index in [1.807, 2.05) is 0 Å². The monoisotopic (exact) mass is 422 g/mol. The number of rotatable bonds is 26. The number of carbonyl (C=O) groups excluding carboxylic acids is 1. The van der Waals surface area contributed by atoms with Crippen molar-refractivity contribution in [1.82, 2.24) is 0 Å². The minimum absolute atomic E-state index is 0.522. The zero-order valence-corrected chi connectivity index (χ0v) is 21.3. The number of hydrogen-bond acceptors (Lipinski definition) is 1. The van der Waals surface area contributed by atoms with Crippen LogP contribution in [-0.2, 0) is 4.79 Å². The summed E-state index contributed by atoms with van der Waals surface area (Å²) >= 11 is 0. The van der Waals surface area contributed by atoms with Crippen molar-refractivity contribution in [2.75, 3.05) is 0 Å². The van der Waals surface area contributed by atoms with Crippen LogP contribution >= 0.6 is 0 Å². The van der Waals surface area contributed by atoms with Crippen LogP contribution in [0.3, 0.4) is 0 Å². The zero-order valence-electron chi connectivity index (χ0n) is 21.3. The van der Waals surface area contributed by atoms with Crippen molar-refractivity contribution in [1.29, 1.82) is 0 Å². The molecule has 0 aromatic heterocycles. The van der Waals surface area contributed by atoms with Crippen LogP contribution in [0.4, 0.5) is 0 Å². The van der Waals surface area contributed by atoms with Crippen molar-refractivity contribution < 1.29 is 4.79 Å². The van der Waals surface area contributed by atoms with Crippen LogP contribution in [0, 0.1) is 0 Å². The fraction of sp³-hybridized carbons (Fsp3) is 0.966. The summed E-state index contributed by atoms with van der Waals surface area (Å²) in [6.07, 6.45) is 34.6. The van der Waals surface area contributed by atoms with Gasteiger partial charge in [-0.1, -0.05) is 155 Å². The number of carbonyl (C=O) groups is 1. The third-order valence-electron chi connectivity index (χ3n) is 6.62. The van der Waals surface area contributed by atoms with E-state index in [2.05, 4.69) is 13.8 Å². The van der Waals surface area contributed by atoms with Crippen molar-refractivity contribution in [2.24, 2.45) is 0 Å². The first-order valence-corrected chi connectivity index (χ1v) is 14.3. The van der Waals surface area contributed by atoms with E-state index in [4.69, 9.17) is 0 Å². The van der Waals surface area contributed by atoms with Crippen LogP contribution in [0.2, 0.25) is 0 Å². The number of Topliss-reactive ketones (excluding diaryl/α,β-unsaturated/α-hetero) is 1. The van der Waals surface area contributed by atoms with Crippen LogP contribution in [0.1, 0.15) is 181 Å². The van der Waals surface area contributed by atoms with Gasteiger partial charge in [0.15, 0.2) is 0 Å². The van der Waals surface area contributed by atoms with E-state index in [-0.39, 0.29) is 0 Å². The predicted octanol–water partition coefficient (Wildman–Crippen LogP) is 10.7. The molecule has 0 fully saturated rings. The van der Waals surface area contributed by atoms with Gasteiger partial charge in [-0.15, -0.1) is 0 Å². The quantitative estimate of drug-likeness (QED) is 0.127. The second-order valence-electron chi connectivity index (χ2n) is 9.82. The molecule has 0 unspecified atom stereocenters. The summed E-state index contributed by atoms with van der Waals surface area (Å²) in [5.41, 5.74) is 0. The van der Waals surface area contributed by atoms with Gasteiger partial charge in [0.1, 0.15) is 5.78 Å². The van der Waals surface area contributed by atoms with Gasteiger partial charge in [0, 0.05) is 12.8 Å². The molecule has 0 spiro atoms. The van der Waals surface area contributed by atoms with Gasteiger partial charge in [-0.05, 0) is 12.8 Å². The van der Waals surface area contributed by atoms with Gasteiger partial charge in [0.2, 0.25) is 0 Å². The molecule has 0 aliphatic heterocycles. The molecule has 0 aliphatic carbocycles. The summed E-state index contributed by atoms with van der Waals surface area (Å²) in [6.45, 7) is 4.57. The van der Waals surface area contributed by atoms with Gasteiger partial charge in [0.25, 0.3) is 0 Å². The lowest BCUT2D eigenvalue weighted by Crippen LogP contribution is -1.97. The van der Waals surface area contributed by atoms with Crippen molar-refractivity contribution in [3.63, 3.8) is 0 Å². The Labute approximate surface area is 191 Å². The lowest BCUT2D eigenvalue weighted by atomic mass is 10.0. The largest absolute Gasteiger partial charge is 0.300 e. The molecule has 0 aromatic carbocycles. The highest BCUT2D eigenvalue weighted by Gasteiger charge is 2.02. The number of hydrogen-bond donors (Lipinski definition) is 0. The van der Waals surface area contributed by atoms with Crippen molar-refractivity contribution in [3.8, 4) is 0 Å². The van der Waals surface area contributed by atoms with Gasteiger partial charge in [0.05, 0.1) is 0 Å². The van der Waals surface area contributed by atoms with Crippen LogP contribution < -0.4 is 0 Å². The van der Waals surface area contributed by atoms with Crippen molar-refractivity contribution in [2.45, 2.75) is 181 Å². The fourth-order valence-corrected chi connectivity index (χ4v) is 4.45. The molecule has 1 heteroatoms. The molecule has 30 heavy (non-hydrogen) atoms. The Balaban J connectivity index is 3.13. The van der Waals surface area contributed by atoms with Crippen LogP contribution in [0.25, 0.3) is 0 Å². The highest BCUT2D eigenvalue weighted by Crippen LogP contribution is 2.15. The molecule has 0 N–H and O–H groups in total. The smallest absolute Gasteiger partial charge is 0.132 e. The molecular formula is C29H58O. The Bertz CT molecular complexity index is 322. The van der Waals surface area contributed by atoms with Crippen molar-refractivity contribution in [3.05, 3.63) is 0 Å². The standard InChI is InChI=1S/C29H58O/c1-3-5-7-9-11-13-15-16-17-18-20-22-24-26-28-29(30)27-25-23-21-19-14-12-10-8-6-4-2/h3-28H2,1-2H3. The maximum atomic E-state index is 12.0. The van der Waals surface area contributed by atoms with E-state index >= 15 is 0 Å². The number of unbranched alkanes of at least 4 members (excludes halogenated alkanes) is 22. The maximum Gasteiger partial charge on any atom is 0.132 e. The molecule has 0 amide bonds. The molecule has 0 atom stereocenters. The lowest BCUT2D eigenvalue weighted by Gasteiger charge is -2.04. The van der Waals surface area contributed by atoms with Gasteiger partial charge >= 0.3 is 0 Å². The highest BCUT2D eigenvalue weighted by molar-refractivity contribution is 5.78. The molecule has 0 heterocycles. The summed E-state index contributed by atoms with van der Waals surface area (Å²) in [5.74, 6) is 0.522. The van der Waals surface area contributed by atoms with E-state index in [9.17, 15) is 4.79 Å². The second-order valence-corrected chi connectivity index (χ2v) is 9.82. The normalized spacial score (nSPS) is 11.3. The topological polar surface area (TPSA) is 17.1 Å². The maximum absolute atomic E-state index is 12.0. The van der Waals surface area contributed by atoms with Crippen molar-refractivity contribution >= 4 is 5.78 Å². The molecule has 0 aliphatic rings. The SMILES string of the molecule is CCCCCCCCCCCCCCCCC(=O)CCCCCCCCCCCC. The Hall–Kier alpha value is -0.330. The Morgan fingerprint density at radius 2 is 0.533 bits per heavy atom. The van der Waals surface area contributed by atoms with E-state index in [1.165, 1.54) is 141 Å². The van der Waals surface area contributed by atoms with Crippen LogP contribution in [0.5, 0.6) is 0 Å². The van der Waals surface area contributed by atoms with E-state index < -0.39 is 0 Å². The van der Waals surface area contributed by atoms with E-state index in [0.29, 0.717) is 5.78 Å². The van der Waals surface area contributed by atoms with Crippen LogP contribution in [-0.4, -0.2) is 5.78 Å². The molecule has 1 nitrogen and oxygen atoms in total. The average molecular weight is 423 g/mol. The molecule has 0 rings (SSSR count). The summed E-state index contributed by atoms with van der Waals surface area (Å²) < 4.78 is 0. The molecular weight excluding hydrogens is 364 g/mol. The van der Waals surface area contributed by atoms with Gasteiger partial charge < -0.3 is 0 Å². The zero-order chi connectivity index (χ0) is 22.0.